The van der Waals surface area contributed by atoms with Gasteiger partial charge in [-0.05, 0) is 34.1 Å². The average molecular weight is 289 g/mol. The van der Waals surface area contributed by atoms with Gasteiger partial charge in [-0.1, -0.05) is 0 Å². The summed E-state index contributed by atoms with van der Waals surface area (Å²) < 4.78 is 24.1. The van der Waals surface area contributed by atoms with E-state index in [0.29, 0.717) is 19.6 Å². The zero-order valence-corrected chi connectivity index (χ0v) is 12.6. The molecule has 116 valence electrons. The second kappa shape index (κ2) is 6.90. The summed E-state index contributed by atoms with van der Waals surface area (Å²) in [6.45, 7) is 7.70. The highest BCUT2D eigenvalue weighted by Gasteiger charge is 2.34. The van der Waals surface area contributed by atoms with E-state index in [1.807, 2.05) is 0 Å². The molecule has 0 aliphatic carbocycles. The highest BCUT2D eigenvalue weighted by Crippen LogP contribution is 2.25. The number of amides is 1. The van der Waals surface area contributed by atoms with Crippen LogP contribution in [0.15, 0.2) is 0 Å². The fraction of sp³-hybridized carbons (Fsp3) is 0.857. The Morgan fingerprint density at radius 2 is 2.00 bits per heavy atom. The fourth-order valence-electron chi connectivity index (χ4n) is 2.11. The van der Waals surface area contributed by atoms with Gasteiger partial charge < -0.3 is 14.4 Å². The topological polar surface area (TPSA) is 55.8 Å². The highest BCUT2D eigenvalue weighted by molar-refractivity contribution is 5.70. The molecule has 0 spiro atoms. The van der Waals surface area contributed by atoms with Gasteiger partial charge in [0.25, 0.3) is 0 Å². The first-order chi connectivity index (χ1) is 9.23. The lowest BCUT2D eigenvalue weighted by molar-refractivity contribution is -0.145. The molecule has 1 unspecified atom stereocenters. The first-order valence-electron chi connectivity index (χ1n) is 7.00. The van der Waals surface area contributed by atoms with Gasteiger partial charge in [-0.2, -0.15) is 0 Å². The summed E-state index contributed by atoms with van der Waals surface area (Å²) in [6.07, 6.45) is -1.22. The monoisotopic (exact) mass is 289 g/mol. The molecule has 1 aliphatic rings. The van der Waals surface area contributed by atoms with Gasteiger partial charge in [-0.15, -0.1) is 0 Å². The number of nitrogens with zero attached hydrogens (tertiary/aromatic N) is 1. The van der Waals surface area contributed by atoms with Crippen LogP contribution in [-0.4, -0.2) is 48.4 Å². The van der Waals surface area contributed by atoms with Crippen LogP contribution in [0.1, 0.15) is 40.5 Å². The van der Waals surface area contributed by atoms with Crippen LogP contribution in [0.25, 0.3) is 0 Å². The smallest absolute Gasteiger partial charge is 0.410 e. The zero-order valence-electron chi connectivity index (χ0n) is 12.6. The van der Waals surface area contributed by atoms with Crippen molar-refractivity contribution in [3.05, 3.63) is 0 Å². The summed E-state index contributed by atoms with van der Waals surface area (Å²) in [5.74, 6) is -0.765. The zero-order chi connectivity index (χ0) is 15.3. The number of hydrogen-bond donors (Lipinski definition) is 0. The molecule has 2 atom stereocenters. The number of piperidine rings is 1. The Labute approximate surface area is 119 Å². The summed E-state index contributed by atoms with van der Waals surface area (Å²) in [7, 11) is 0. The van der Waals surface area contributed by atoms with Crippen LogP contribution in [0.2, 0.25) is 0 Å². The van der Waals surface area contributed by atoms with Crippen LogP contribution in [0.3, 0.4) is 0 Å². The number of hydrogen-bond acceptors (Lipinski definition) is 4. The second-order valence-electron chi connectivity index (χ2n) is 6.00. The predicted molar refractivity (Wildman–Crippen MR) is 72.1 cm³/mol. The minimum absolute atomic E-state index is 0.0288. The number of halogens is 1. The second-order valence-corrected chi connectivity index (χ2v) is 6.00. The summed E-state index contributed by atoms with van der Waals surface area (Å²) >= 11 is 0. The largest absolute Gasteiger partial charge is 0.466 e. The van der Waals surface area contributed by atoms with Crippen molar-refractivity contribution in [2.24, 2.45) is 5.92 Å². The van der Waals surface area contributed by atoms with Crippen molar-refractivity contribution in [1.82, 2.24) is 4.90 Å². The molecular formula is C14H24FNO4. The minimum Gasteiger partial charge on any atom is -0.466 e. The molecule has 1 amide bonds. The maximum Gasteiger partial charge on any atom is 0.410 e. The van der Waals surface area contributed by atoms with Crippen molar-refractivity contribution in [3.8, 4) is 0 Å². The summed E-state index contributed by atoms with van der Waals surface area (Å²) in [5, 5.41) is 0. The van der Waals surface area contributed by atoms with Crippen LogP contribution in [0.4, 0.5) is 9.18 Å². The van der Waals surface area contributed by atoms with Gasteiger partial charge in [0.15, 0.2) is 0 Å². The van der Waals surface area contributed by atoms with Crippen LogP contribution >= 0.6 is 0 Å². The minimum atomic E-state index is -1.22. The molecule has 0 aromatic rings. The molecule has 0 bridgehead atoms. The maximum absolute atomic E-state index is 14.0. The van der Waals surface area contributed by atoms with E-state index < -0.39 is 17.9 Å². The van der Waals surface area contributed by atoms with Gasteiger partial charge in [-0.3, -0.25) is 4.79 Å². The number of rotatable bonds is 3. The molecule has 0 N–H and O–H groups in total. The average Bonchev–Trinajstić information content (AvgIpc) is 2.29. The highest BCUT2D eigenvalue weighted by atomic mass is 19.1. The van der Waals surface area contributed by atoms with E-state index in [2.05, 4.69) is 0 Å². The van der Waals surface area contributed by atoms with E-state index in [-0.39, 0.29) is 24.9 Å². The molecule has 5 nitrogen and oxygen atoms in total. The lowest BCUT2D eigenvalue weighted by atomic mass is 9.92. The van der Waals surface area contributed by atoms with Gasteiger partial charge in [0.1, 0.15) is 11.8 Å². The Morgan fingerprint density at radius 3 is 2.50 bits per heavy atom. The third-order valence-electron chi connectivity index (χ3n) is 3.06. The number of esters is 1. The fourth-order valence-corrected chi connectivity index (χ4v) is 2.11. The van der Waals surface area contributed by atoms with E-state index in [1.165, 1.54) is 4.90 Å². The number of carbonyl (C=O) groups is 2. The number of carbonyl (C=O) groups excluding carboxylic acids is 2. The summed E-state index contributed by atoms with van der Waals surface area (Å²) in [4.78, 5) is 24.6. The Kier molecular flexibility index (Phi) is 5.77. The predicted octanol–water partition coefficient (Wildman–Crippen LogP) is 2.53. The standard InChI is InChI=1S/C14H24FNO4/c1-5-19-12(17)8-10-6-7-16(9-11(10)15)13(18)20-14(2,3)4/h10-11H,5-9H2,1-4H3/t10?,11-/m1/s1. The molecule has 0 radical (unpaired) electrons. The third-order valence-corrected chi connectivity index (χ3v) is 3.06. The van der Waals surface area contributed by atoms with Crippen LogP contribution < -0.4 is 0 Å². The SMILES string of the molecule is CCOC(=O)CC1CCN(C(=O)OC(C)(C)C)C[C@H]1F. The number of ether oxygens (including phenoxy) is 2. The van der Waals surface area contributed by atoms with E-state index in [9.17, 15) is 14.0 Å². The Morgan fingerprint density at radius 1 is 1.35 bits per heavy atom. The molecule has 0 saturated carbocycles. The van der Waals surface area contributed by atoms with Crippen LogP contribution in [0.5, 0.6) is 0 Å². The molecule has 0 aromatic carbocycles. The van der Waals surface area contributed by atoms with Crippen molar-refractivity contribution in [2.45, 2.75) is 52.3 Å². The summed E-state index contributed by atoms with van der Waals surface area (Å²) in [6, 6.07) is 0. The van der Waals surface area contributed by atoms with Gasteiger partial charge in [0.05, 0.1) is 19.6 Å². The molecule has 20 heavy (non-hydrogen) atoms. The lowest BCUT2D eigenvalue weighted by Crippen LogP contribution is -2.47. The molecular weight excluding hydrogens is 265 g/mol. The molecule has 1 heterocycles. The van der Waals surface area contributed by atoms with Gasteiger partial charge in [0, 0.05) is 12.5 Å². The third kappa shape index (κ3) is 5.35. The maximum atomic E-state index is 14.0. The molecule has 1 saturated heterocycles. The van der Waals surface area contributed by atoms with Crippen LogP contribution in [-0.2, 0) is 14.3 Å². The van der Waals surface area contributed by atoms with Gasteiger partial charge in [0.2, 0.25) is 0 Å². The lowest BCUT2D eigenvalue weighted by Gasteiger charge is -2.35. The van der Waals surface area contributed by atoms with Crippen LogP contribution in [0, 0.1) is 5.92 Å². The van der Waals surface area contributed by atoms with Gasteiger partial charge >= 0.3 is 12.1 Å². The first kappa shape index (κ1) is 16.7. The normalized spacial score (nSPS) is 23.4. The molecule has 0 aromatic heterocycles. The Bertz CT molecular complexity index is 354. The quantitative estimate of drug-likeness (QED) is 0.749. The van der Waals surface area contributed by atoms with Crippen molar-refractivity contribution >= 4 is 12.1 Å². The summed E-state index contributed by atoms with van der Waals surface area (Å²) in [5.41, 5.74) is -0.593. The number of alkyl halides is 1. The Hall–Kier alpha value is -1.33. The van der Waals surface area contributed by atoms with E-state index in [0.717, 1.165) is 0 Å². The van der Waals surface area contributed by atoms with Crippen molar-refractivity contribution in [1.29, 1.82) is 0 Å². The first-order valence-corrected chi connectivity index (χ1v) is 7.00. The molecule has 1 fully saturated rings. The number of likely N-dealkylation sites (tertiary alicyclic amines) is 1. The molecule has 1 rings (SSSR count). The molecule has 1 aliphatic heterocycles. The van der Waals surface area contributed by atoms with Gasteiger partial charge in [-0.25, -0.2) is 9.18 Å². The van der Waals surface area contributed by atoms with Crippen molar-refractivity contribution < 1.29 is 23.5 Å². The van der Waals surface area contributed by atoms with Crippen molar-refractivity contribution in [3.63, 3.8) is 0 Å². The van der Waals surface area contributed by atoms with E-state index >= 15 is 0 Å². The van der Waals surface area contributed by atoms with E-state index in [4.69, 9.17) is 9.47 Å². The van der Waals surface area contributed by atoms with E-state index in [1.54, 1.807) is 27.7 Å². The Balaban J connectivity index is 2.46. The van der Waals surface area contributed by atoms with Crippen molar-refractivity contribution in [2.75, 3.05) is 19.7 Å². The molecule has 6 heteroatoms.